The van der Waals surface area contributed by atoms with E-state index in [4.69, 9.17) is 0 Å². The lowest BCUT2D eigenvalue weighted by Crippen LogP contribution is -2.40. The number of carbonyl (C=O) groups is 1. The van der Waals surface area contributed by atoms with Crippen LogP contribution in [0, 0.1) is 0 Å². The number of hydrogen-bond donors (Lipinski definition) is 3. The minimum atomic E-state index is 0.0942. The molecule has 0 saturated carbocycles. The van der Waals surface area contributed by atoms with Crippen LogP contribution in [0.15, 0.2) is 4.99 Å². The SMILES string of the molecule is CCNC(=NCCCN1CCCCC1C)NCCC(=O)NC(C)CC. The van der Waals surface area contributed by atoms with E-state index in [1.165, 1.54) is 25.8 Å². The third-order valence-electron chi connectivity index (χ3n) is 4.82. The monoisotopic (exact) mass is 353 g/mol. The van der Waals surface area contributed by atoms with Crippen LogP contribution < -0.4 is 16.0 Å². The minimum Gasteiger partial charge on any atom is -0.357 e. The fourth-order valence-corrected chi connectivity index (χ4v) is 3.04. The van der Waals surface area contributed by atoms with Gasteiger partial charge in [-0.15, -0.1) is 0 Å². The number of likely N-dealkylation sites (tertiary alicyclic amines) is 1. The van der Waals surface area contributed by atoms with Gasteiger partial charge in [0.25, 0.3) is 0 Å². The molecule has 0 aliphatic carbocycles. The number of nitrogens with zero attached hydrogens (tertiary/aromatic N) is 2. The van der Waals surface area contributed by atoms with E-state index in [0.717, 1.165) is 38.4 Å². The van der Waals surface area contributed by atoms with Gasteiger partial charge in [-0.05, 0) is 53.0 Å². The Labute approximate surface area is 154 Å². The van der Waals surface area contributed by atoms with Gasteiger partial charge in [0.2, 0.25) is 5.91 Å². The standard InChI is InChI=1S/C19H39N5O/c1-5-16(3)23-18(25)11-13-22-19(20-6-2)21-12-9-15-24-14-8-7-10-17(24)4/h16-17H,5-15H2,1-4H3,(H,23,25)(H2,20,21,22). The summed E-state index contributed by atoms with van der Waals surface area (Å²) in [7, 11) is 0. The summed E-state index contributed by atoms with van der Waals surface area (Å²) in [4.78, 5) is 19.0. The van der Waals surface area contributed by atoms with Gasteiger partial charge in [0.1, 0.15) is 0 Å². The van der Waals surface area contributed by atoms with Crippen LogP contribution in [-0.4, -0.2) is 61.6 Å². The van der Waals surface area contributed by atoms with Gasteiger partial charge in [-0.2, -0.15) is 0 Å². The number of piperidine rings is 1. The first-order valence-electron chi connectivity index (χ1n) is 10.1. The molecule has 1 amide bonds. The molecule has 0 bridgehead atoms. The van der Waals surface area contributed by atoms with Crippen LogP contribution in [-0.2, 0) is 4.79 Å². The van der Waals surface area contributed by atoms with Gasteiger partial charge in [-0.1, -0.05) is 13.3 Å². The summed E-state index contributed by atoms with van der Waals surface area (Å²) in [5, 5.41) is 9.49. The zero-order valence-corrected chi connectivity index (χ0v) is 16.7. The molecule has 0 radical (unpaired) electrons. The fourth-order valence-electron chi connectivity index (χ4n) is 3.04. The van der Waals surface area contributed by atoms with E-state index in [0.29, 0.717) is 19.0 Å². The van der Waals surface area contributed by atoms with Crippen molar-refractivity contribution in [3.8, 4) is 0 Å². The third-order valence-corrected chi connectivity index (χ3v) is 4.82. The molecule has 0 aromatic heterocycles. The third kappa shape index (κ3) is 9.68. The molecule has 1 saturated heterocycles. The molecule has 25 heavy (non-hydrogen) atoms. The second kappa shape index (κ2) is 13.0. The molecule has 6 heteroatoms. The van der Waals surface area contributed by atoms with Crippen LogP contribution in [0.25, 0.3) is 0 Å². The topological polar surface area (TPSA) is 68.8 Å². The summed E-state index contributed by atoms with van der Waals surface area (Å²) >= 11 is 0. The maximum atomic E-state index is 11.8. The van der Waals surface area contributed by atoms with Crippen molar-refractivity contribution < 1.29 is 4.79 Å². The molecule has 1 rings (SSSR count). The Kier molecular flexibility index (Phi) is 11.3. The van der Waals surface area contributed by atoms with Crippen LogP contribution in [0.5, 0.6) is 0 Å². The van der Waals surface area contributed by atoms with Crippen LogP contribution in [0.3, 0.4) is 0 Å². The van der Waals surface area contributed by atoms with Crippen molar-refractivity contribution in [2.24, 2.45) is 4.99 Å². The Morgan fingerprint density at radius 3 is 2.76 bits per heavy atom. The number of aliphatic imine (C=N–C) groups is 1. The van der Waals surface area contributed by atoms with Crippen molar-refractivity contribution in [2.45, 2.75) is 78.3 Å². The molecule has 1 aliphatic heterocycles. The smallest absolute Gasteiger partial charge is 0.221 e. The highest BCUT2D eigenvalue weighted by molar-refractivity contribution is 5.81. The molecule has 1 heterocycles. The summed E-state index contributed by atoms with van der Waals surface area (Å²) in [6.45, 7) is 13.1. The van der Waals surface area contributed by atoms with Crippen molar-refractivity contribution in [1.82, 2.24) is 20.9 Å². The first kappa shape index (κ1) is 21.7. The first-order chi connectivity index (χ1) is 12.1. The molecule has 0 spiro atoms. The van der Waals surface area contributed by atoms with E-state index in [-0.39, 0.29) is 11.9 Å². The molecular formula is C19H39N5O. The summed E-state index contributed by atoms with van der Waals surface area (Å²) < 4.78 is 0. The van der Waals surface area contributed by atoms with Gasteiger partial charge in [0, 0.05) is 44.7 Å². The second-order valence-electron chi connectivity index (χ2n) is 7.05. The summed E-state index contributed by atoms with van der Waals surface area (Å²) in [6.07, 6.45) is 6.53. The van der Waals surface area contributed by atoms with E-state index < -0.39 is 0 Å². The van der Waals surface area contributed by atoms with Gasteiger partial charge in [-0.25, -0.2) is 0 Å². The van der Waals surface area contributed by atoms with E-state index in [1.54, 1.807) is 0 Å². The number of carbonyl (C=O) groups excluding carboxylic acids is 1. The van der Waals surface area contributed by atoms with Gasteiger partial charge in [0.15, 0.2) is 5.96 Å². The predicted octanol–water partition coefficient (Wildman–Crippen LogP) is 2.11. The number of hydrogen-bond acceptors (Lipinski definition) is 3. The number of guanidine groups is 1. The molecule has 6 nitrogen and oxygen atoms in total. The van der Waals surface area contributed by atoms with Gasteiger partial charge >= 0.3 is 0 Å². The van der Waals surface area contributed by atoms with E-state index in [1.807, 2.05) is 6.92 Å². The van der Waals surface area contributed by atoms with E-state index in [2.05, 4.69) is 46.6 Å². The Bertz CT molecular complexity index is 399. The highest BCUT2D eigenvalue weighted by atomic mass is 16.1. The number of amides is 1. The molecule has 1 aliphatic rings. The lowest BCUT2D eigenvalue weighted by molar-refractivity contribution is -0.121. The van der Waals surface area contributed by atoms with Crippen molar-refractivity contribution in [2.75, 3.05) is 32.7 Å². The first-order valence-corrected chi connectivity index (χ1v) is 10.1. The van der Waals surface area contributed by atoms with Crippen LogP contribution in [0.1, 0.15) is 66.2 Å². The summed E-state index contributed by atoms with van der Waals surface area (Å²) in [6, 6.07) is 0.958. The molecular weight excluding hydrogens is 314 g/mol. The van der Waals surface area contributed by atoms with Crippen molar-refractivity contribution in [3.05, 3.63) is 0 Å². The van der Waals surface area contributed by atoms with Crippen molar-refractivity contribution in [1.29, 1.82) is 0 Å². The molecule has 2 unspecified atom stereocenters. The maximum Gasteiger partial charge on any atom is 0.221 e. The normalized spacial score (nSPS) is 20.2. The molecule has 1 fully saturated rings. The van der Waals surface area contributed by atoms with Crippen LogP contribution in [0.2, 0.25) is 0 Å². The Morgan fingerprint density at radius 1 is 1.28 bits per heavy atom. The quantitative estimate of drug-likeness (QED) is 0.320. The van der Waals surface area contributed by atoms with Crippen LogP contribution >= 0.6 is 0 Å². The van der Waals surface area contributed by atoms with Gasteiger partial charge in [-0.3, -0.25) is 9.79 Å². The van der Waals surface area contributed by atoms with Gasteiger partial charge < -0.3 is 20.9 Å². The minimum absolute atomic E-state index is 0.0942. The molecule has 3 N–H and O–H groups in total. The Hall–Kier alpha value is -1.30. The lowest BCUT2D eigenvalue weighted by atomic mass is 10.0. The molecule has 0 aromatic carbocycles. The van der Waals surface area contributed by atoms with Gasteiger partial charge in [0.05, 0.1) is 0 Å². The van der Waals surface area contributed by atoms with E-state index in [9.17, 15) is 4.79 Å². The predicted molar refractivity (Wildman–Crippen MR) is 106 cm³/mol. The fraction of sp³-hybridized carbons (Fsp3) is 0.895. The van der Waals surface area contributed by atoms with E-state index >= 15 is 0 Å². The van der Waals surface area contributed by atoms with Crippen molar-refractivity contribution in [3.63, 3.8) is 0 Å². The number of nitrogens with one attached hydrogen (secondary N) is 3. The molecule has 0 aromatic rings. The lowest BCUT2D eigenvalue weighted by Gasteiger charge is -2.33. The average Bonchev–Trinajstić information content (AvgIpc) is 2.59. The largest absolute Gasteiger partial charge is 0.357 e. The Morgan fingerprint density at radius 2 is 2.08 bits per heavy atom. The molecule has 146 valence electrons. The maximum absolute atomic E-state index is 11.8. The highest BCUT2D eigenvalue weighted by Gasteiger charge is 2.16. The zero-order valence-electron chi connectivity index (χ0n) is 16.7. The highest BCUT2D eigenvalue weighted by Crippen LogP contribution is 2.16. The Balaban J connectivity index is 2.25. The summed E-state index contributed by atoms with van der Waals surface area (Å²) in [5.74, 6) is 0.905. The van der Waals surface area contributed by atoms with Crippen molar-refractivity contribution >= 4 is 11.9 Å². The second-order valence-corrected chi connectivity index (χ2v) is 7.05. The summed E-state index contributed by atoms with van der Waals surface area (Å²) in [5.41, 5.74) is 0. The average molecular weight is 354 g/mol. The van der Waals surface area contributed by atoms with Crippen LogP contribution in [0.4, 0.5) is 0 Å². The zero-order chi connectivity index (χ0) is 18.5. The molecule has 2 atom stereocenters. The number of rotatable bonds is 10.